The zero-order valence-corrected chi connectivity index (χ0v) is 25.9. The molecule has 0 saturated heterocycles. The van der Waals surface area contributed by atoms with Crippen LogP contribution in [0.25, 0.3) is 22.3 Å². The van der Waals surface area contributed by atoms with Gasteiger partial charge in [0.25, 0.3) is 0 Å². The van der Waals surface area contributed by atoms with E-state index < -0.39 is 23.6 Å². The lowest BCUT2D eigenvalue weighted by atomic mass is 9.98. The SMILES string of the molecule is C=C(C)COc1cc(-c2ccc(OCCCOC(=O)C(=C)C)c(F)c2)cc(-c2ccc(OCCCOC(=O)C(=C)C)c(F)c2)c1. The molecule has 7 nitrogen and oxygen atoms in total. The number of carbonyl (C=O) groups is 2. The van der Waals surface area contributed by atoms with Gasteiger partial charge in [-0.3, -0.25) is 0 Å². The third-order valence-electron chi connectivity index (χ3n) is 6.18. The van der Waals surface area contributed by atoms with E-state index in [1.165, 1.54) is 24.3 Å². The molecule has 0 N–H and O–H groups in total. The average Bonchev–Trinajstić information content (AvgIpc) is 3.00. The van der Waals surface area contributed by atoms with E-state index in [1.807, 2.05) is 13.0 Å². The third-order valence-corrected chi connectivity index (χ3v) is 6.18. The van der Waals surface area contributed by atoms with Crippen LogP contribution in [0.4, 0.5) is 8.78 Å². The fraction of sp³-hybridized carbons (Fsp3) is 0.278. The molecular weight excluding hydrogens is 582 g/mol. The molecular formula is C36H38F2O7. The number of esters is 2. The predicted molar refractivity (Wildman–Crippen MR) is 169 cm³/mol. The molecule has 3 aromatic carbocycles. The van der Waals surface area contributed by atoms with Crippen LogP contribution in [0.15, 0.2) is 91.1 Å². The van der Waals surface area contributed by atoms with E-state index in [0.29, 0.717) is 52.0 Å². The summed E-state index contributed by atoms with van der Waals surface area (Å²) in [5.41, 5.74) is 3.83. The molecule has 238 valence electrons. The molecule has 0 heterocycles. The minimum atomic E-state index is -0.567. The Bertz CT molecular complexity index is 1460. The van der Waals surface area contributed by atoms with Crippen molar-refractivity contribution < 1.29 is 42.1 Å². The molecule has 3 aromatic rings. The van der Waals surface area contributed by atoms with Crippen LogP contribution in [0.1, 0.15) is 33.6 Å². The van der Waals surface area contributed by atoms with Gasteiger partial charge < -0.3 is 23.7 Å². The fourth-order valence-corrected chi connectivity index (χ4v) is 3.88. The molecule has 3 rings (SSSR count). The molecule has 0 atom stereocenters. The van der Waals surface area contributed by atoms with Crippen LogP contribution >= 0.6 is 0 Å². The van der Waals surface area contributed by atoms with Crippen molar-refractivity contribution >= 4 is 11.9 Å². The van der Waals surface area contributed by atoms with Gasteiger partial charge in [0, 0.05) is 24.0 Å². The van der Waals surface area contributed by atoms with Gasteiger partial charge in [0.05, 0.1) is 26.4 Å². The number of carbonyl (C=O) groups excluding carboxylic acids is 2. The van der Waals surface area contributed by atoms with Crippen molar-refractivity contribution in [2.75, 3.05) is 33.0 Å². The first-order valence-corrected chi connectivity index (χ1v) is 14.4. The standard InChI is InChI=1S/C36H38F2O7/c1-23(2)22-45-30-18-28(26-9-11-33(31(37)20-26)41-13-7-15-43-35(39)24(3)4)17-29(19-30)27-10-12-34(32(38)21-27)42-14-8-16-44-36(40)25(5)6/h9-12,17-21H,1,3,5,7-8,13-16,22H2,2,4,6H3. The molecule has 0 radical (unpaired) electrons. The Hall–Kier alpha value is -4.92. The lowest BCUT2D eigenvalue weighted by Gasteiger charge is -2.14. The van der Waals surface area contributed by atoms with Crippen LogP contribution in [0.5, 0.6) is 17.2 Å². The number of benzene rings is 3. The van der Waals surface area contributed by atoms with E-state index in [2.05, 4.69) is 19.7 Å². The summed E-state index contributed by atoms with van der Waals surface area (Å²) >= 11 is 0. The van der Waals surface area contributed by atoms with Gasteiger partial charge >= 0.3 is 11.9 Å². The highest BCUT2D eigenvalue weighted by molar-refractivity contribution is 5.87. The Morgan fingerprint density at radius 1 is 0.600 bits per heavy atom. The summed E-state index contributed by atoms with van der Waals surface area (Å²) < 4.78 is 57.0. The van der Waals surface area contributed by atoms with Crippen LogP contribution in [0, 0.1) is 11.6 Å². The molecule has 0 aliphatic rings. The minimum absolute atomic E-state index is 0.0616. The summed E-state index contributed by atoms with van der Waals surface area (Å²) in [5, 5.41) is 0. The fourth-order valence-electron chi connectivity index (χ4n) is 3.88. The molecule has 0 unspecified atom stereocenters. The van der Waals surface area contributed by atoms with Crippen molar-refractivity contribution in [1.29, 1.82) is 0 Å². The van der Waals surface area contributed by atoms with Crippen LogP contribution in [-0.2, 0) is 19.1 Å². The first kappa shape index (κ1) is 34.6. The van der Waals surface area contributed by atoms with Gasteiger partial charge in [0.2, 0.25) is 0 Å². The minimum Gasteiger partial charge on any atom is -0.490 e. The van der Waals surface area contributed by atoms with E-state index in [4.69, 9.17) is 23.7 Å². The summed E-state index contributed by atoms with van der Waals surface area (Å²) in [6.07, 6.45) is 0.772. The summed E-state index contributed by atoms with van der Waals surface area (Å²) in [6, 6.07) is 14.5. The summed E-state index contributed by atoms with van der Waals surface area (Å²) in [4.78, 5) is 22.9. The molecule has 45 heavy (non-hydrogen) atoms. The highest BCUT2D eigenvalue weighted by Gasteiger charge is 2.13. The van der Waals surface area contributed by atoms with E-state index >= 15 is 8.78 Å². The highest BCUT2D eigenvalue weighted by Crippen LogP contribution is 2.35. The zero-order chi connectivity index (χ0) is 32.9. The second-order valence-corrected chi connectivity index (χ2v) is 10.5. The maximum absolute atomic E-state index is 15.0. The van der Waals surface area contributed by atoms with E-state index in [1.54, 1.807) is 38.1 Å². The van der Waals surface area contributed by atoms with Crippen molar-refractivity contribution in [3.8, 4) is 39.5 Å². The van der Waals surface area contributed by atoms with Crippen LogP contribution in [0.3, 0.4) is 0 Å². The van der Waals surface area contributed by atoms with E-state index in [0.717, 1.165) is 5.57 Å². The van der Waals surface area contributed by atoms with Gasteiger partial charge in [-0.05, 0) is 91.1 Å². The Labute approximate surface area is 262 Å². The quantitative estimate of drug-likeness (QED) is 0.0654. The molecule has 0 bridgehead atoms. The average molecular weight is 621 g/mol. The number of hydrogen-bond acceptors (Lipinski definition) is 7. The van der Waals surface area contributed by atoms with Crippen LogP contribution in [-0.4, -0.2) is 45.0 Å². The maximum Gasteiger partial charge on any atom is 0.333 e. The largest absolute Gasteiger partial charge is 0.490 e. The predicted octanol–water partition coefficient (Wildman–Crippen LogP) is 8.03. The number of halogens is 2. The highest BCUT2D eigenvalue weighted by atomic mass is 19.1. The molecule has 0 fully saturated rings. The molecule has 0 aromatic heterocycles. The first-order valence-electron chi connectivity index (χ1n) is 14.4. The van der Waals surface area contributed by atoms with E-state index in [-0.39, 0.29) is 44.5 Å². The van der Waals surface area contributed by atoms with E-state index in [9.17, 15) is 9.59 Å². The van der Waals surface area contributed by atoms with Gasteiger partial charge in [0.15, 0.2) is 23.1 Å². The zero-order valence-electron chi connectivity index (χ0n) is 25.9. The van der Waals surface area contributed by atoms with Gasteiger partial charge in [-0.25, -0.2) is 18.4 Å². The molecule has 0 spiro atoms. The number of hydrogen-bond donors (Lipinski definition) is 0. The smallest absolute Gasteiger partial charge is 0.333 e. The van der Waals surface area contributed by atoms with Gasteiger partial charge in [0.1, 0.15) is 12.4 Å². The Morgan fingerprint density at radius 2 is 1.04 bits per heavy atom. The van der Waals surface area contributed by atoms with Gasteiger partial charge in [-0.1, -0.05) is 31.9 Å². The van der Waals surface area contributed by atoms with Crippen LogP contribution < -0.4 is 14.2 Å². The first-order chi connectivity index (χ1) is 21.4. The third kappa shape index (κ3) is 10.9. The number of rotatable bonds is 17. The normalized spacial score (nSPS) is 10.5. The topological polar surface area (TPSA) is 80.3 Å². The second-order valence-electron chi connectivity index (χ2n) is 10.5. The van der Waals surface area contributed by atoms with Crippen LogP contribution in [0.2, 0.25) is 0 Å². The molecule has 9 heteroatoms. The van der Waals surface area contributed by atoms with Crippen molar-refractivity contribution in [1.82, 2.24) is 0 Å². The number of ether oxygens (including phenoxy) is 5. The van der Waals surface area contributed by atoms with Gasteiger partial charge in [-0.2, -0.15) is 0 Å². The summed E-state index contributed by atoms with van der Waals surface area (Å²) in [5.74, 6) is -1.48. The molecule has 0 aliphatic carbocycles. The lowest BCUT2D eigenvalue weighted by molar-refractivity contribution is -0.140. The van der Waals surface area contributed by atoms with Crippen molar-refractivity contribution in [3.63, 3.8) is 0 Å². The lowest BCUT2D eigenvalue weighted by Crippen LogP contribution is -2.09. The van der Waals surface area contributed by atoms with Crippen molar-refractivity contribution in [2.24, 2.45) is 0 Å². The Kier molecular flexibility index (Phi) is 12.9. The summed E-state index contributed by atoms with van der Waals surface area (Å²) in [7, 11) is 0. The Morgan fingerprint density at radius 3 is 1.42 bits per heavy atom. The maximum atomic E-state index is 15.0. The van der Waals surface area contributed by atoms with Gasteiger partial charge in [-0.15, -0.1) is 0 Å². The molecule has 0 amide bonds. The molecule has 0 saturated carbocycles. The second kappa shape index (κ2) is 16.8. The summed E-state index contributed by atoms with van der Waals surface area (Å²) in [6.45, 7) is 16.7. The monoisotopic (exact) mass is 620 g/mol. The Balaban J connectivity index is 1.74. The van der Waals surface area contributed by atoms with Crippen molar-refractivity contribution in [2.45, 2.75) is 33.6 Å². The molecule has 0 aliphatic heterocycles. The van der Waals surface area contributed by atoms with Crippen molar-refractivity contribution in [3.05, 3.63) is 103 Å².